The van der Waals surface area contributed by atoms with Crippen molar-refractivity contribution >= 4 is 23.1 Å². The Balaban J connectivity index is 2.73. The smallest absolute Gasteiger partial charge is 0.371 e. The number of imidazole rings is 1. The van der Waals surface area contributed by atoms with E-state index >= 15 is 0 Å². The van der Waals surface area contributed by atoms with E-state index in [1.807, 2.05) is 0 Å². The zero-order chi connectivity index (χ0) is 11.9. The van der Waals surface area contributed by atoms with E-state index in [9.17, 15) is 9.59 Å². The van der Waals surface area contributed by atoms with E-state index < -0.39 is 11.5 Å². The lowest BCUT2D eigenvalue weighted by atomic mass is 10.5. The first-order valence-electron chi connectivity index (χ1n) is 4.15. The van der Waals surface area contributed by atoms with Gasteiger partial charge in [0.05, 0.1) is 0 Å². The monoisotopic (exact) mass is 225 g/mol. The Bertz CT molecular complexity index is 613. The summed E-state index contributed by atoms with van der Waals surface area (Å²) in [5, 5.41) is 18.3. The van der Waals surface area contributed by atoms with Crippen LogP contribution < -0.4 is 10.6 Å². The molecule has 0 saturated heterocycles. The van der Waals surface area contributed by atoms with Gasteiger partial charge in [0.2, 0.25) is 11.8 Å². The van der Waals surface area contributed by atoms with Crippen LogP contribution in [0.25, 0.3) is 11.2 Å². The van der Waals surface area contributed by atoms with Crippen molar-refractivity contribution in [3.05, 3.63) is 16.2 Å². The van der Waals surface area contributed by atoms with E-state index in [0.29, 0.717) is 5.06 Å². The molecule has 0 bridgehead atoms. The number of carboxylic acids is 1. The van der Waals surface area contributed by atoms with Crippen LogP contribution in [0.3, 0.4) is 0 Å². The molecular formula is C7H7N5O4. The van der Waals surface area contributed by atoms with Gasteiger partial charge in [-0.05, 0) is 0 Å². The second kappa shape index (κ2) is 3.31. The van der Waals surface area contributed by atoms with Gasteiger partial charge in [-0.3, -0.25) is 15.0 Å². The number of hydrogen-bond donors (Lipinski definition) is 4. The molecule has 2 heterocycles. The highest BCUT2D eigenvalue weighted by Crippen LogP contribution is 2.07. The summed E-state index contributed by atoms with van der Waals surface area (Å²) in [6.07, 6.45) is 0. The van der Waals surface area contributed by atoms with Gasteiger partial charge in [0.25, 0.3) is 5.56 Å². The summed E-state index contributed by atoms with van der Waals surface area (Å²) < 4.78 is 0. The molecule has 4 N–H and O–H groups in total. The molecule has 0 spiro atoms. The number of aromatic amines is 2. The first kappa shape index (κ1) is 10.1. The van der Waals surface area contributed by atoms with Crippen molar-refractivity contribution < 1.29 is 15.1 Å². The van der Waals surface area contributed by atoms with Crippen LogP contribution >= 0.6 is 0 Å². The quantitative estimate of drug-likeness (QED) is 0.490. The van der Waals surface area contributed by atoms with Crippen molar-refractivity contribution in [3.8, 4) is 0 Å². The molecule has 0 saturated carbocycles. The Morgan fingerprint density at radius 2 is 2.06 bits per heavy atom. The zero-order valence-electron chi connectivity index (χ0n) is 8.05. The highest BCUT2D eigenvalue weighted by molar-refractivity contribution is 5.87. The molecule has 9 nitrogen and oxygen atoms in total. The third-order valence-electron chi connectivity index (χ3n) is 1.86. The average Bonchev–Trinajstić information content (AvgIpc) is 2.61. The molecule has 0 aliphatic rings. The molecule has 84 valence electrons. The third-order valence-corrected chi connectivity index (χ3v) is 1.86. The van der Waals surface area contributed by atoms with Gasteiger partial charge in [-0.2, -0.15) is 4.98 Å². The lowest BCUT2D eigenvalue weighted by Crippen LogP contribution is -2.19. The highest BCUT2D eigenvalue weighted by Gasteiger charge is 2.14. The van der Waals surface area contributed by atoms with Crippen LogP contribution in [0, 0.1) is 0 Å². The fourth-order valence-corrected chi connectivity index (χ4v) is 1.15. The maximum Gasteiger partial charge on any atom is 0.371 e. The topological polar surface area (TPSA) is 135 Å². The van der Waals surface area contributed by atoms with E-state index in [0.717, 1.165) is 0 Å². The van der Waals surface area contributed by atoms with Gasteiger partial charge >= 0.3 is 5.97 Å². The van der Waals surface area contributed by atoms with Gasteiger partial charge in [-0.25, -0.2) is 14.8 Å². The normalized spacial score (nSPS) is 10.6. The van der Waals surface area contributed by atoms with Crippen LogP contribution in [0.5, 0.6) is 0 Å². The molecule has 0 atom stereocenters. The SMILES string of the molecule is CN(O)c1nc2nc(C(=O)O)[nH]c2c(=O)[nH]1. The van der Waals surface area contributed by atoms with Crippen LogP contribution in [0.2, 0.25) is 0 Å². The van der Waals surface area contributed by atoms with Crippen LogP contribution in [0.1, 0.15) is 10.6 Å². The summed E-state index contributed by atoms with van der Waals surface area (Å²) in [6.45, 7) is 0. The second-order valence-corrected chi connectivity index (χ2v) is 3.00. The van der Waals surface area contributed by atoms with Crippen molar-refractivity contribution in [2.24, 2.45) is 0 Å². The average molecular weight is 225 g/mol. The standard InChI is InChI=1S/C7H7N5O4/c1-12(16)7-10-3-2(5(13)11-7)8-4(9-3)6(14)15/h16H,1H3,(H,14,15)(H2,8,9,10,11,13). The van der Waals surface area contributed by atoms with Crippen LogP contribution in [0.15, 0.2) is 4.79 Å². The molecule has 0 fully saturated rings. The largest absolute Gasteiger partial charge is 0.475 e. The summed E-state index contributed by atoms with van der Waals surface area (Å²) in [5.74, 6) is -1.80. The molecule has 0 aliphatic heterocycles. The van der Waals surface area contributed by atoms with Crippen molar-refractivity contribution in [1.82, 2.24) is 19.9 Å². The number of fused-ring (bicyclic) bond motifs is 1. The first-order valence-corrected chi connectivity index (χ1v) is 4.15. The lowest BCUT2D eigenvalue weighted by Gasteiger charge is -2.06. The highest BCUT2D eigenvalue weighted by atomic mass is 16.5. The summed E-state index contributed by atoms with van der Waals surface area (Å²) >= 11 is 0. The number of hydrogen-bond acceptors (Lipinski definition) is 6. The summed E-state index contributed by atoms with van der Waals surface area (Å²) in [7, 11) is 1.26. The molecule has 9 heteroatoms. The Hall–Kier alpha value is -2.42. The Morgan fingerprint density at radius 3 is 2.62 bits per heavy atom. The maximum atomic E-state index is 11.4. The second-order valence-electron chi connectivity index (χ2n) is 3.00. The zero-order valence-corrected chi connectivity index (χ0v) is 8.05. The molecule has 16 heavy (non-hydrogen) atoms. The Morgan fingerprint density at radius 1 is 1.38 bits per heavy atom. The van der Waals surface area contributed by atoms with E-state index in [-0.39, 0.29) is 22.9 Å². The lowest BCUT2D eigenvalue weighted by molar-refractivity contribution is 0.0685. The van der Waals surface area contributed by atoms with Gasteiger partial charge in [-0.1, -0.05) is 0 Å². The third kappa shape index (κ3) is 1.48. The number of H-pyrrole nitrogens is 2. The Kier molecular flexibility index (Phi) is 2.09. The van der Waals surface area contributed by atoms with Gasteiger partial charge in [0, 0.05) is 7.05 Å². The van der Waals surface area contributed by atoms with Crippen LogP contribution in [0.4, 0.5) is 5.95 Å². The summed E-state index contributed by atoms with van der Waals surface area (Å²) in [4.78, 5) is 34.0. The number of hydroxylamine groups is 1. The van der Waals surface area contributed by atoms with Gasteiger partial charge in [0.15, 0.2) is 11.2 Å². The predicted octanol–water partition coefficient (Wildman–Crippen LogP) is -0.830. The molecule has 2 aromatic heterocycles. The fourth-order valence-electron chi connectivity index (χ4n) is 1.15. The number of carbonyl (C=O) groups is 1. The number of nitrogens with one attached hydrogen (secondary N) is 2. The number of anilines is 1. The number of nitrogens with zero attached hydrogens (tertiary/aromatic N) is 3. The molecular weight excluding hydrogens is 218 g/mol. The van der Waals surface area contributed by atoms with Gasteiger partial charge in [0.1, 0.15) is 0 Å². The molecule has 0 aromatic carbocycles. The number of rotatable bonds is 2. The van der Waals surface area contributed by atoms with E-state index in [1.54, 1.807) is 0 Å². The van der Waals surface area contributed by atoms with Crippen molar-refractivity contribution in [2.75, 3.05) is 12.1 Å². The molecule has 0 aliphatic carbocycles. The maximum absolute atomic E-state index is 11.4. The summed E-state index contributed by atoms with van der Waals surface area (Å²) in [6, 6.07) is 0. The van der Waals surface area contributed by atoms with Crippen molar-refractivity contribution in [1.29, 1.82) is 0 Å². The number of aromatic carboxylic acids is 1. The van der Waals surface area contributed by atoms with Crippen LogP contribution in [-0.4, -0.2) is 43.3 Å². The fraction of sp³-hybridized carbons (Fsp3) is 0.143. The van der Waals surface area contributed by atoms with Crippen molar-refractivity contribution in [2.45, 2.75) is 0 Å². The minimum absolute atomic E-state index is 0.0528. The molecule has 0 unspecified atom stereocenters. The van der Waals surface area contributed by atoms with Gasteiger partial charge < -0.3 is 10.1 Å². The van der Waals surface area contributed by atoms with E-state index in [2.05, 4.69) is 19.9 Å². The molecule has 0 amide bonds. The van der Waals surface area contributed by atoms with E-state index in [4.69, 9.17) is 10.3 Å². The first-order chi connectivity index (χ1) is 7.49. The minimum Gasteiger partial charge on any atom is -0.475 e. The van der Waals surface area contributed by atoms with E-state index in [1.165, 1.54) is 7.05 Å². The number of aromatic nitrogens is 4. The summed E-state index contributed by atoms with van der Waals surface area (Å²) in [5.41, 5.74) is -0.735. The van der Waals surface area contributed by atoms with Crippen molar-refractivity contribution in [3.63, 3.8) is 0 Å². The minimum atomic E-state index is -1.30. The van der Waals surface area contributed by atoms with Gasteiger partial charge in [-0.15, -0.1) is 0 Å². The molecule has 2 rings (SSSR count). The molecule has 2 aromatic rings. The Labute approximate surface area is 87.3 Å². The number of carboxylic acid groups (broad SMARTS) is 1. The van der Waals surface area contributed by atoms with Crippen LogP contribution in [-0.2, 0) is 0 Å². The predicted molar refractivity (Wildman–Crippen MR) is 51.7 cm³/mol. The molecule has 0 radical (unpaired) electrons.